The van der Waals surface area contributed by atoms with Gasteiger partial charge < -0.3 is 10.0 Å². The standard InChI is InChI=1S/C25H27N3O3/c1-15-14-25(3,4)21-13-17(6-11-22(21)27(15)5)12-20-16(2)26-28(23(20)29)19-9-7-18(8-10-19)24(30)31/h6-13,15H,14H2,1-5H3,(H,30,31). The van der Waals surface area contributed by atoms with Gasteiger partial charge in [-0.15, -0.1) is 0 Å². The molecule has 0 fully saturated rings. The van der Waals surface area contributed by atoms with Crippen molar-refractivity contribution < 1.29 is 14.7 Å². The van der Waals surface area contributed by atoms with Crippen LogP contribution in [-0.2, 0) is 10.2 Å². The fraction of sp³-hybridized carbons (Fsp3) is 0.320. The van der Waals surface area contributed by atoms with Crippen LogP contribution in [0.5, 0.6) is 0 Å². The summed E-state index contributed by atoms with van der Waals surface area (Å²) in [7, 11) is 2.13. The second-order valence-corrected chi connectivity index (χ2v) is 9.04. The van der Waals surface area contributed by atoms with Gasteiger partial charge in [0.1, 0.15) is 0 Å². The molecule has 4 rings (SSSR count). The van der Waals surface area contributed by atoms with E-state index in [1.807, 2.05) is 19.1 Å². The molecule has 160 valence electrons. The predicted octanol–water partition coefficient (Wildman–Crippen LogP) is 4.70. The van der Waals surface area contributed by atoms with Gasteiger partial charge in [-0.3, -0.25) is 4.79 Å². The minimum atomic E-state index is -1.00. The first-order chi connectivity index (χ1) is 14.6. The molecule has 0 radical (unpaired) electrons. The Kier molecular flexibility index (Phi) is 4.96. The summed E-state index contributed by atoms with van der Waals surface area (Å²) in [5.41, 5.74) is 5.42. The lowest BCUT2D eigenvalue weighted by Crippen LogP contribution is -2.41. The van der Waals surface area contributed by atoms with Crippen molar-refractivity contribution in [3.05, 3.63) is 64.7 Å². The SMILES string of the molecule is CC1=NN(c2ccc(C(=O)O)cc2)C(=O)C1=Cc1ccc2c(c1)C(C)(C)CC(C)N2C. The van der Waals surface area contributed by atoms with Crippen molar-refractivity contribution in [3.63, 3.8) is 0 Å². The Hall–Kier alpha value is -3.41. The zero-order chi connectivity index (χ0) is 22.5. The molecule has 0 spiro atoms. The summed E-state index contributed by atoms with van der Waals surface area (Å²) in [6, 6.07) is 13.0. The van der Waals surface area contributed by atoms with Gasteiger partial charge in [0.2, 0.25) is 0 Å². The molecular weight excluding hydrogens is 390 g/mol. The van der Waals surface area contributed by atoms with Gasteiger partial charge in [0.15, 0.2) is 0 Å². The molecule has 6 heteroatoms. The average Bonchev–Trinajstić information content (AvgIpc) is 3.00. The highest BCUT2D eigenvalue weighted by atomic mass is 16.4. The number of aromatic carboxylic acids is 1. The minimum Gasteiger partial charge on any atom is -0.478 e. The number of amides is 1. The van der Waals surface area contributed by atoms with E-state index >= 15 is 0 Å². The van der Waals surface area contributed by atoms with Gasteiger partial charge in [-0.1, -0.05) is 19.9 Å². The topological polar surface area (TPSA) is 73.2 Å². The van der Waals surface area contributed by atoms with Crippen LogP contribution >= 0.6 is 0 Å². The van der Waals surface area contributed by atoms with Crippen LogP contribution in [0.1, 0.15) is 55.6 Å². The molecule has 1 N–H and O–H groups in total. The van der Waals surface area contributed by atoms with Crippen LogP contribution in [0.2, 0.25) is 0 Å². The van der Waals surface area contributed by atoms with Crippen LogP contribution in [0.15, 0.2) is 53.1 Å². The van der Waals surface area contributed by atoms with E-state index < -0.39 is 5.97 Å². The number of anilines is 2. The lowest BCUT2D eigenvalue weighted by Gasteiger charge is -2.43. The first-order valence-corrected chi connectivity index (χ1v) is 10.4. The van der Waals surface area contributed by atoms with Crippen LogP contribution in [0.3, 0.4) is 0 Å². The second-order valence-electron chi connectivity index (χ2n) is 9.04. The van der Waals surface area contributed by atoms with Crippen molar-refractivity contribution in [2.45, 2.75) is 45.6 Å². The Morgan fingerprint density at radius 2 is 1.87 bits per heavy atom. The highest BCUT2D eigenvalue weighted by molar-refractivity contribution is 6.32. The van der Waals surface area contributed by atoms with Gasteiger partial charge in [-0.25, -0.2) is 4.79 Å². The van der Waals surface area contributed by atoms with Gasteiger partial charge in [-0.2, -0.15) is 10.1 Å². The highest BCUT2D eigenvalue weighted by Gasteiger charge is 2.34. The monoisotopic (exact) mass is 417 g/mol. The predicted molar refractivity (Wildman–Crippen MR) is 124 cm³/mol. The maximum atomic E-state index is 13.1. The van der Waals surface area contributed by atoms with Gasteiger partial charge in [0, 0.05) is 18.8 Å². The molecule has 0 aromatic heterocycles. The maximum absolute atomic E-state index is 13.1. The van der Waals surface area contributed by atoms with E-state index in [4.69, 9.17) is 5.11 Å². The van der Waals surface area contributed by atoms with Crippen molar-refractivity contribution in [2.75, 3.05) is 17.0 Å². The molecule has 6 nitrogen and oxygen atoms in total. The summed E-state index contributed by atoms with van der Waals surface area (Å²) in [6.07, 6.45) is 2.96. The molecule has 0 bridgehead atoms. The van der Waals surface area contributed by atoms with Gasteiger partial charge >= 0.3 is 5.97 Å². The number of carbonyl (C=O) groups is 2. The van der Waals surface area contributed by atoms with Crippen molar-refractivity contribution in [1.29, 1.82) is 0 Å². The quantitative estimate of drug-likeness (QED) is 0.735. The first kappa shape index (κ1) is 20.8. The molecule has 1 atom stereocenters. The molecule has 2 aliphatic heterocycles. The number of hydrogen-bond donors (Lipinski definition) is 1. The summed E-state index contributed by atoms with van der Waals surface area (Å²) in [5, 5.41) is 14.8. The Labute approximate surface area is 182 Å². The zero-order valence-electron chi connectivity index (χ0n) is 18.5. The van der Waals surface area contributed by atoms with Crippen LogP contribution in [0.25, 0.3) is 6.08 Å². The Balaban J connectivity index is 1.66. The van der Waals surface area contributed by atoms with E-state index in [0.717, 1.165) is 12.0 Å². The first-order valence-electron chi connectivity index (χ1n) is 10.4. The number of carbonyl (C=O) groups excluding carboxylic acids is 1. The van der Waals surface area contributed by atoms with Crippen LogP contribution in [-0.4, -0.2) is 35.8 Å². The molecule has 0 saturated carbocycles. The van der Waals surface area contributed by atoms with Crippen molar-refractivity contribution in [2.24, 2.45) is 5.10 Å². The van der Waals surface area contributed by atoms with E-state index in [9.17, 15) is 9.59 Å². The molecule has 0 aliphatic carbocycles. The van der Waals surface area contributed by atoms with Crippen molar-refractivity contribution >= 4 is 35.0 Å². The Bertz CT molecular complexity index is 1130. The van der Waals surface area contributed by atoms with Crippen LogP contribution in [0, 0.1) is 0 Å². The molecular formula is C25H27N3O3. The third-order valence-corrected chi connectivity index (χ3v) is 6.33. The van der Waals surface area contributed by atoms with Gasteiger partial charge in [-0.05, 0) is 79.3 Å². The number of benzene rings is 2. The molecule has 2 aromatic carbocycles. The average molecular weight is 418 g/mol. The third-order valence-electron chi connectivity index (χ3n) is 6.33. The number of hydrazone groups is 1. The third kappa shape index (κ3) is 3.63. The van der Waals surface area contributed by atoms with Crippen LogP contribution < -0.4 is 9.91 Å². The molecule has 31 heavy (non-hydrogen) atoms. The summed E-state index contributed by atoms with van der Waals surface area (Å²) in [5.74, 6) is -1.22. The van der Waals surface area contributed by atoms with E-state index in [2.05, 4.69) is 50.0 Å². The molecule has 2 heterocycles. The number of rotatable bonds is 3. The molecule has 2 aromatic rings. The van der Waals surface area contributed by atoms with E-state index in [0.29, 0.717) is 23.0 Å². The maximum Gasteiger partial charge on any atom is 0.335 e. The highest BCUT2D eigenvalue weighted by Crippen LogP contribution is 2.42. The summed E-state index contributed by atoms with van der Waals surface area (Å²) < 4.78 is 0. The largest absolute Gasteiger partial charge is 0.478 e. The number of carboxylic acids is 1. The Morgan fingerprint density at radius 1 is 1.19 bits per heavy atom. The van der Waals surface area contributed by atoms with Crippen molar-refractivity contribution in [1.82, 2.24) is 0 Å². The van der Waals surface area contributed by atoms with E-state index in [-0.39, 0.29) is 16.9 Å². The fourth-order valence-corrected chi connectivity index (χ4v) is 4.49. The smallest absolute Gasteiger partial charge is 0.335 e. The van der Waals surface area contributed by atoms with E-state index in [1.54, 1.807) is 12.1 Å². The number of hydrogen-bond acceptors (Lipinski definition) is 4. The summed E-state index contributed by atoms with van der Waals surface area (Å²) in [4.78, 5) is 26.5. The van der Waals surface area contributed by atoms with E-state index in [1.165, 1.54) is 28.4 Å². The van der Waals surface area contributed by atoms with Crippen LogP contribution in [0.4, 0.5) is 11.4 Å². The van der Waals surface area contributed by atoms with Gasteiger partial charge in [0.05, 0.1) is 22.5 Å². The number of fused-ring (bicyclic) bond motifs is 1. The second kappa shape index (κ2) is 7.38. The Morgan fingerprint density at radius 3 is 2.52 bits per heavy atom. The number of nitrogens with zero attached hydrogens (tertiary/aromatic N) is 3. The molecule has 1 amide bonds. The lowest BCUT2D eigenvalue weighted by molar-refractivity contribution is -0.114. The molecule has 2 aliphatic rings. The zero-order valence-corrected chi connectivity index (χ0v) is 18.5. The van der Waals surface area contributed by atoms with Gasteiger partial charge in [0.25, 0.3) is 5.91 Å². The summed E-state index contributed by atoms with van der Waals surface area (Å²) >= 11 is 0. The lowest BCUT2D eigenvalue weighted by atomic mass is 9.74. The molecule has 1 unspecified atom stereocenters. The van der Waals surface area contributed by atoms with Crippen molar-refractivity contribution in [3.8, 4) is 0 Å². The number of carboxylic acid groups (broad SMARTS) is 1. The summed E-state index contributed by atoms with van der Waals surface area (Å²) in [6.45, 7) is 8.59. The fourth-order valence-electron chi connectivity index (χ4n) is 4.49. The molecule has 0 saturated heterocycles. The minimum absolute atomic E-state index is 0.0521. The normalized spacial score (nSPS) is 21.3.